The second-order valence-corrected chi connectivity index (χ2v) is 11.3. The number of carbonyl (C=O) groups is 2. The molecule has 2 heterocycles. The van der Waals surface area contributed by atoms with Crippen LogP contribution in [0.25, 0.3) is 27.8 Å². The molecule has 0 N–H and O–H groups in total. The number of rotatable bonds is 4. The van der Waals surface area contributed by atoms with E-state index in [0.717, 1.165) is 36.4 Å². The quantitative estimate of drug-likeness (QED) is 0.136. The van der Waals surface area contributed by atoms with Crippen molar-refractivity contribution in [2.75, 3.05) is 4.90 Å². The molecule has 0 saturated carbocycles. The summed E-state index contributed by atoms with van der Waals surface area (Å²) in [4.78, 5) is 38.1. The summed E-state index contributed by atoms with van der Waals surface area (Å²) in [5, 5.41) is 2.88. The topological polar surface area (TPSA) is 63.2 Å². The third-order valence-corrected chi connectivity index (χ3v) is 8.81. The Balaban J connectivity index is 1.29. The van der Waals surface area contributed by atoms with Crippen molar-refractivity contribution >= 4 is 70.0 Å². The zero-order valence-corrected chi connectivity index (χ0v) is 21.7. The fraction of sp³-hybridized carbons (Fsp3) is 0. The molecular formula is C32H19N3O2Se. The fourth-order valence-corrected chi connectivity index (χ4v) is 6.84. The van der Waals surface area contributed by atoms with Crippen LogP contribution in [-0.4, -0.2) is 36.0 Å². The van der Waals surface area contributed by atoms with Gasteiger partial charge in [0.2, 0.25) is 0 Å². The third kappa shape index (κ3) is 3.79. The van der Waals surface area contributed by atoms with E-state index in [1.807, 2.05) is 114 Å². The van der Waals surface area contributed by atoms with Gasteiger partial charge >= 0.3 is 225 Å². The van der Waals surface area contributed by atoms with Crippen molar-refractivity contribution in [2.45, 2.75) is 0 Å². The zero-order chi connectivity index (χ0) is 25.6. The van der Waals surface area contributed by atoms with Crippen molar-refractivity contribution in [1.29, 1.82) is 0 Å². The summed E-state index contributed by atoms with van der Waals surface area (Å²) in [6, 6.07) is 33.4. The van der Waals surface area contributed by atoms with Crippen molar-refractivity contribution in [3.05, 3.63) is 130 Å². The van der Waals surface area contributed by atoms with Gasteiger partial charge in [0.05, 0.1) is 0 Å². The van der Waals surface area contributed by atoms with Gasteiger partial charge < -0.3 is 0 Å². The summed E-state index contributed by atoms with van der Waals surface area (Å²) in [6.45, 7) is 0. The molecule has 0 atom stereocenters. The van der Waals surface area contributed by atoms with E-state index in [9.17, 15) is 9.59 Å². The second-order valence-electron chi connectivity index (χ2n) is 9.04. The van der Waals surface area contributed by atoms with Gasteiger partial charge in [0, 0.05) is 0 Å². The number of anilines is 3. The van der Waals surface area contributed by atoms with Gasteiger partial charge in [-0.3, -0.25) is 0 Å². The number of hydrogen-bond acceptors (Lipinski definition) is 5. The van der Waals surface area contributed by atoms with Crippen molar-refractivity contribution in [1.82, 2.24) is 9.97 Å². The van der Waals surface area contributed by atoms with Crippen LogP contribution in [0.1, 0.15) is 25.2 Å². The molecule has 0 fully saturated rings. The minimum atomic E-state index is -0.210. The number of ketones is 2. The van der Waals surface area contributed by atoms with Crippen molar-refractivity contribution in [3.8, 4) is 0 Å². The monoisotopic (exact) mass is 557 g/mol. The first-order chi connectivity index (χ1) is 18.7. The molecule has 5 nitrogen and oxygen atoms in total. The molecule has 180 valence electrons. The Morgan fingerprint density at radius 1 is 0.684 bits per heavy atom. The summed E-state index contributed by atoms with van der Waals surface area (Å²) < 4.78 is 1.97. The van der Waals surface area contributed by atoms with Crippen LogP contribution >= 0.6 is 0 Å². The normalized spacial score (nSPS) is 12.8. The molecule has 0 amide bonds. The number of aromatic nitrogens is 2. The molecule has 6 aromatic rings. The Bertz CT molecular complexity index is 1870. The van der Waals surface area contributed by atoms with E-state index in [1.165, 1.54) is 0 Å². The summed E-state index contributed by atoms with van der Waals surface area (Å²) in [5.41, 5.74) is 3.01. The molecule has 38 heavy (non-hydrogen) atoms. The number of carbonyl (C=O) groups excluding carboxylic acids is 2. The van der Waals surface area contributed by atoms with Crippen LogP contribution in [0.3, 0.4) is 0 Å². The Morgan fingerprint density at radius 2 is 1.32 bits per heavy atom. The first-order valence-electron chi connectivity index (χ1n) is 12.2. The number of fused-ring (bicyclic) bond motifs is 3. The van der Waals surface area contributed by atoms with Gasteiger partial charge in [-0.1, -0.05) is 0 Å². The van der Waals surface area contributed by atoms with Crippen LogP contribution in [0.4, 0.5) is 16.2 Å². The van der Waals surface area contributed by atoms with E-state index in [4.69, 9.17) is 4.98 Å². The SMILES string of the molecule is O=C1C(=Cc2ccc(N(c3ccccc3)c3ncc4ccccc4n3)[se]2)C(=O)c2cc3ccccc3cc21. The van der Waals surface area contributed by atoms with Gasteiger partial charge in [-0.15, -0.1) is 0 Å². The molecule has 4 aromatic carbocycles. The van der Waals surface area contributed by atoms with Crippen LogP contribution in [0.2, 0.25) is 0 Å². The molecule has 1 aliphatic carbocycles. The van der Waals surface area contributed by atoms with Crippen molar-refractivity contribution in [3.63, 3.8) is 0 Å². The zero-order valence-electron chi connectivity index (χ0n) is 20.0. The van der Waals surface area contributed by atoms with E-state index in [0.29, 0.717) is 17.1 Å². The van der Waals surface area contributed by atoms with E-state index in [1.54, 1.807) is 6.08 Å². The summed E-state index contributed by atoms with van der Waals surface area (Å²) in [6.07, 6.45) is 3.60. The van der Waals surface area contributed by atoms with E-state index in [2.05, 4.69) is 4.98 Å². The standard InChI is InChI=1S/C32H19N3O2Se/c36-30-25-16-20-8-4-5-9-21(20)17-26(25)31(37)27(30)18-24-14-15-29(38-24)35(23-11-2-1-3-12-23)32-33-19-22-10-6-7-13-28(22)34-32/h1-19H. The van der Waals surface area contributed by atoms with Crippen LogP contribution in [0.5, 0.6) is 0 Å². The number of nitrogens with zero attached hydrogens (tertiary/aromatic N) is 3. The van der Waals surface area contributed by atoms with Crippen LogP contribution in [-0.2, 0) is 0 Å². The number of para-hydroxylation sites is 2. The van der Waals surface area contributed by atoms with Gasteiger partial charge in [-0.05, 0) is 0 Å². The van der Waals surface area contributed by atoms with E-state index >= 15 is 0 Å². The van der Waals surface area contributed by atoms with E-state index < -0.39 is 0 Å². The second kappa shape index (κ2) is 9.03. The van der Waals surface area contributed by atoms with Gasteiger partial charge in [0.15, 0.2) is 0 Å². The molecule has 2 aromatic heterocycles. The fourth-order valence-electron chi connectivity index (χ4n) is 4.81. The Morgan fingerprint density at radius 3 is 2.03 bits per heavy atom. The molecule has 0 bridgehead atoms. The average molecular weight is 556 g/mol. The molecule has 7 rings (SSSR count). The molecule has 6 heteroatoms. The number of benzene rings is 4. The average Bonchev–Trinajstić information content (AvgIpc) is 3.51. The van der Waals surface area contributed by atoms with Gasteiger partial charge in [0.1, 0.15) is 0 Å². The molecule has 0 spiro atoms. The summed E-state index contributed by atoms with van der Waals surface area (Å²) in [5.74, 6) is 0.162. The molecule has 1 aliphatic rings. The Hall–Kier alpha value is -4.64. The minimum absolute atomic E-state index is 0.169. The van der Waals surface area contributed by atoms with E-state index in [-0.39, 0.29) is 31.6 Å². The molecule has 0 aliphatic heterocycles. The van der Waals surface area contributed by atoms with Gasteiger partial charge in [-0.25, -0.2) is 0 Å². The van der Waals surface area contributed by atoms with Gasteiger partial charge in [0.25, 0.3) is 0 Å². The van der Waals surface area contributed by atoms with Crippen LogP contribution in [0.15, 0.2) is 115 Å². The molecule has 0 unspecified atom stereocenters. The predicted molar refractivity (Wildman–Crippen MR) is 152 cm³/mol. The first-order valence-corrected chi connectivity index (χ1v) is 13.9. The maximum atomic E-state index is 13.3. The summed E-state index contributed by atoms with van der Waals surface area (Å²) in [7, 11) is 0. The van der Waals surface area contributed by atoms with Crippen molar-refractivity contribution in [2.24, 2.45) is 0 Å². The van der Waals surface area contributed by atoms with Crippen molar-refractivity contribution < 1.29 is 9.59 Å². The Labute approximate surface area is 224 Å². The van der Waals surface area contributed by atoms with Crippen LogP contribution < -0.4 is 4.90 Å². The molecule has 0 saturated heterocycles. The Kier molecular flexibility index (Phi) is 5.36. The number of hydrogen-bond donors (Lipinski definition) is 0. The first kappa shape index (κ1) is 22.5. The summed E-state index contributed by atoms with van der Waals surface area (Å²) >= 11 is -0.169. The number of allylic oxidation sites excluding steroid dienone is 1. The third-order valence-electron chi connectivity index (χ3n) is 6.67. The maximum absolute atomic E-state index is 13.3. The van der Waals surface area contributed by atoms with Gasteiger partial charge in [-0.2, -0.15) is 0 Å². The van der Waals surface area contributed by atoms with Crippen LogP contribution in [0, 0.1) is 0 Å². The molecule has 0 radical (unpaired) electrons. The molecular weight excluding hydrogens is 537 g/mol. The predicted octanol–water partition coefficient (Wildman–Crippen LogP) is 6.77. The number of Topliss-reactive ketones (excluding diaryl/α,β-unsaturated/α-hetero) is 2.